The van der Waals surface area contributed by atoms with Crippen molar-refractivity contribution in [1.82, 2.24) is 9.71 Å². The molecule has 0 fully saturated rings. The Morgan fingerprint density at radius 3 is 2.56 bits per heavy atom. The summed E-state index contributed by atoms with van der Waals surface area (Å²) in [6.07, 6.45) is 0.938. The molecule has 1 aromatic carbocycles. The summed E-state index contributed by atoms with van der Waals surface area (Å²) in [5.41, 5.74) is 0.447. The van der Waals surface area contributed by atoms with Gasteiger partial charge in [0.1, 0.15) is 11.1 Å². The second kappa shape index (κ2) is 8.15. The van der Waals surface area contributed by atoms with E-state index in [0.29, 0.717) is 5.69 Å². The van der Waals surface area contributed by atoms with Crippen LogP contribution in [0.5, 0.6) is 0 Å². The molecule has 134 valence electrons. The molecule has 0 saturated carbocycles. The maximum Gasteiger partial charge on any atom is 0.266 e. The van der Waals surface area contributed by atoms with Gasteiger partial charge in [0.2, 0.25) is 10.0 Å². The summed E-state index contributed by atoms with van der Waals surface area (Å²) >= 11 is 0. The normalized spacial score (nSPS) is 12.6. The van der Waals surface area contributed by atoms with Crippen molar-refractivity contribution in [2.45, 2.75) is 18.3 Å². The van der Waals surface area contributed by atoms with Crippen LogP contribution in [0, 0.1) is 5.82 Å². The van der Waals surface area contributed by atoms with E-state index in [1.807, 2.05) is 4.72 Å². The van der Waals surface area contributed by atoms with Crippen molar-refractivity contribution in [3.8, 4) is 0 Å². The number of aromatic nitrogens is 1. The van der Waals surface area contributed by atoms with Crippen LogP contribution < -0.4 is 4.72 Å². The topological polar surface area (TPSA) is 117 Å². The number of sulfonamides is 1. The highest BCUT2D eigenvalue weighted by molar-refractivity contribution is 7.90. The van der Waals surface area contributed by atoms with E-state index in [9.17, 15) is 17.6 Å². The van der Waals surface area contributed by atoms with Gasteiger partial charge in [-0.15, -0.1) is 0 Å². The predicted molar refractivity (Wildman–Crippen MR) is 87.4 cm³/mol. The number of aliphatic hydroxyl groups excluding tert-OH is 2. The Morgan fingerprint density at radius 2 is 2.00 bits per heavy atom. The minimum absolute atomic E-state index is 0.0113. The summed E-state index contributed by atoms with van der Waals surface area (Å²) in [6.45, 7) is -0.763. The van der Waals surface area contributed by atoms with Gasteiger partial charge in [-0.3, -0.25) is 9.78 Å². The summed E-state index contributed by atoms with van der Waals surface area (Å²) in [5, 5.41) is 16.8. The van der Waals surface area contributed by atoms with Crippen LogP contribution in [0.1, 0.15) is 33.3 Å². The average molecular weight is 368 g/mol. The van der Waals surface area contributed by atoms with E-state index in [2.05, 4.69) is 4.98 Å². The highest BCUT2D eigenvalue weighted by Crippen LogP contribution is 2.25. The zero-order valence-corrected chi connectivity index (χ0v) is 13.9. The Labute approximate surface area is 144 Å². The second-order valence-corrected chi connectivity index (χ2v) is 7.09. The van der Waals surface area contributed by atoms with Gasteiger partial charge in [0, 0.05) is 12.8 Å². The van der Waals surface area contributed by atoms with E-state index in [1.165, 1.54) is 30.3 Å². The number of carbonyl (C=O) groups is 1. The van der Waals surface area contributed by atoms with Crippen LogP contribution in [0.3, 0.4) is 0 Å². The second-order valence-electron chi connectivity index (χ2n) is 5.23. The minimum Gasteiger partial charge on any atom is -0.396 e. The lowest BCUT2D eigenvalue weighted by Crippen LogP contribution is -2.35. The number of aliphatic hydroxyl groups is 2. The Hall–Kier alpha value is -2.36. The molecule has 1 heterocycles. The minimum atomic E-state index is -4.22. The standard InChI is InChI=1S/C16H17FN2O5S/c17-13-3-1-2-11(8-13)15(6-7-20)25(23,24)19-16(22)12-4-5-14(10-21)18-9-12/h1-5,8-9,15,20-21H,6-7,10H2,(H,19,22). The van der Waals surface area contributed by atoms with Crippen molar-refractivity contribution in [2.75, 3.05) is 6.61 Å². The van der Waals surface area contributed by atoms with Gasteiger partial charge in [-0.05, 0) is 36.2 Å². The maximum atomic E-state index is 13.4. The van der Waals surface area contributed by atoms with E-state index in [0.717, 1.165) is 12.3 Å². The Kier molecular flexibility index (Phi) is 6.18. The number of rotatable bonds is 7. The van der Waals surface area contributed by atoms with Crippen LogP contribution in [0.2, 0.25) is 0 Å². The van der Waals surface area contributed by atoms with E-state index < -0.39 is 33.6 Å². The van der Waals surface area contributed by atoms with Crippen LogP contribution in [-0.2, 0) is 16.6 Å². The number of halogens is 1. The Balaban J connectivity index is 2.25. The Morgan fingerprint density at radius 1 is 1.24 bits per heavy atom. The highest BCUT2D eigenvalue weighted by atomic mass is 32.2. The van der Waals surface area contributed by atoms with E-state index >= 15 is 0 Å². The quantitative estimate of drug-likeness (QED) is 0.668. The fourth-order valence-corrected chi connectivity index (χ4v) is 3.68. The molecule has 0 aliphatic heterocycles. The van der Waals surface area contributed by atoms with Crippen LogP contribution in [0.4, 0.5) is 4.39 Å². The molecule has 0 radical (unpaired) electrons. The van der Waals surface area contributed by atoms with E-state index in [4.69, 9.17) is 10.2 Å². The predicted octanol–water partition coefficient (Wildman–Crippen LogP) is 0.896. The molecule has 1 amide bonds. The lowest BCUT2D eigenvalue weighted by Gasteiger charge is -2.18. The van der Waals surface area contributed by atoms with Crippen molar-refractivity contribution in [1.29, 1.82) is 0 Å². The van der Waals surface area contributed by atoms with Gasteiger partial charge in [0.15, 0.2) is 0 Å². The lowest BCUT2D eigenvalue weighted by atomic mass is 10.1. The molecule has 0 saturated heterocycles. The first-order valence-corrected chi connectivity index (χ1v) is 8.90. The van der Waals surface area contributed by atoms with Crippen LogP contribution in [0.25, 0.3) is 0 Å². The van der Waals surface area contributed by atoms with Gasteiger partial charge in [-0.25, -0.2) is 17.5 Å². The summed E-state index contributed by atoms with van der Waals surface area (Å²) in [4.78, 5) is 15.9. The SMILES string of the molecule is O=C(NS(=O)(=O)C(CCO)c1cccc(F)c1)c1ccc(CO)nc1. The molecule has 3 N–H and O–H groups in total. The first-order chi connectivity index (χ1) is 11.9. The third-order valence-corrected chi connectivity index (χ3v) is 5.20. The molecule has 0 spiro atoms. The molecule has 9 heteroatoms. The summed E-state index contributed by atoms with van der Waals surface area (Å²) in [7, 11) is -4.22. The number of nitrogens with zero attached hydrogens (tertiary/aromatic N) is 1. The summed E-state index contributed by atoms with van der Waals surface area (Å²) in [6, 6.07) is 7.68. The average Bonchev–Trinajstić information content (AvgIpc) is 2.59. The first-order valence-electron chi connectivity index (χ1n) is 7.35. The summed E-state index contributed by atoms with van der Waals surface area (Å²) < 4.78 is 40.3. The van der Waals surface area contributed by atoms with Crippen LogP contribution >= 0.6 is 0 Å². The van der Waals surface area contributed by atoms with Crippen molar-refractivity contribution < 1.29 is 27.8 Å². The molecule has 0 aliphatic carbocycles. The number of benzene rings is 1. The van der Waals surface area contributed by atoms with E-state index in [1.54, 1.807) is 0 Å². The van der Waals surface area contributed by atoms with E-state index in [-0.39, 0.29) is 24.2 Å². The van der Waals surface area contributed by atoms with Gasteiger partial charge >= 0.3 is 0 Å². The first kappa shape index (κ1) is 19.0. The van der Waals surface area contributed by atoms with Crippen LogP contribution in [0.15, 0.2) is 42.6 Å². The molecule has 1 atom stereocenters. The van der Waals surface area contributed by atoms with Gasteiger partial charge in [-0.2, -0.15) is 0 Å². The maximum absolute atomic E-state index is 13.4. The fourth-order valence-electron chi connectivity index (χ4n) is 2.24. The number of pyridine rings is 1. The largest absolute Gasteiger partial charge is 0.396 e. The smallest absolute Gasteiger partial charge is 0.266 e. The molecule has 2 aromatic rings. The van der Waals surface area contributed by atoms with Crippen molar-refractivity contribution in [2.24, 2.45) is 0 Å². The van der Waals surface area contributed by atoms with Gasteiger partial charge < -0.3 is 10.2 Å². The van der Waals surface area contributed by atoms with Crippen molar-refractivity contribution in [3.63, 3.8) is 0 Å². The lowest BCUT2D eigenvalue weighted by molar-refractivity contribution is 0.0980. The number of amides is 1. The molecular formula is C16H17FN2O5S. The molecule has 2 rings (SSSR count). The summed E-state index contributed by atoms with van der Waals surface area (Å²) in [5.74, 6) is -1.53. The molecule has 0 aliphatic rings. The molecule has 1 unspecified atom stereocenters. The number of hydrogen-bond donors (Lipinski definition) is 3. The van der Waals surface area contributed by atoms with Crippen molar-refractivity contribution in [3.05, 3.63) is 65.2 Å². The fraction of sp³-hybridized carbons (Fsp3) is 0.250. The number of hydrogen-bond acceptors (Lipinski definition) is 6. The Bertz CT molecular complexity index is 840. The van der Waals surface area contributed by atoms with Crippen molar-refractivity contribution >= 4 is 15.9 Å². The molecule has 1 aromatic heterocycles. The zero-order chi connectivity index (χ0) is 18.4. The number of nitrogens with one attached hydrogen (secondary N) is 1. The van der Waals surface area contributed by atoms with Gasteiger partial charge in [0.05, 0.1) is 17.9 Å². The molecular weight excluding hydrogens is 351 g/mol. The zero-order valence-electron chi connectivity index (χ0n) is 13.1. The third kappa shape index (κ3) is 4.81. The van der Waals surface area contributed by atoms with Gasteiger partial charge in [0.25, 0.3) is 5.91 Å². The molecule has 7 nitrogen and oxygen atoms in total. The number of carbonyl (C=O) groups excluding carboxylic acids is 1. The highest BCUT2D eigenvalue weighted by Gasteiger charge is 2.29. The molecule has 0 bridgehead atoms. The molecule has 25 heavy (non-hydrogen) atoms. The monoisotopic (exact) mass is 368 g/mol. The third-order valence-electron chi connectivity index (χ3n) is 3.47. The van der Waals surface area contributed by atoms with Crippen LogP contribution in [-0.4, -0.2) is 36.1 Å². The van der Waals surface area contributed by atoms with Gasteiger partial charge in [-0.1, -0.05) is 12.1 Å².